The summed E-state index contributed by atoms with van der Waals surface area (Å²) in [5.74, 6) is 0.355. The summed E-state index contributed by atoms with van der Waals surface area (Å²) in [6.07, 6.45) is 1.19. The number of pyridine rings is 1. The Kier molecular flexibility index (Phi) is 4.19. The van der Waals surface area contributed by atoms with Crippen molar-refractivity contribution in [2.24, 2.45) is 0 Å². The molecule has 1 aromatic heterocycles. The van der Waals surface area contributed by atoms with E-state index in [0.717, 1.165) is 0 Å². The van der Waals surface area contributed by atoms with E-state index in [4.69, 9.17) is 0 Å². The molecule has 7 heteroatoms. The van der Waals surface area contributed by atoms with Crippen molar-refractivity contribution in [3.63, 3.8) is 0 Å². The highest BCUT2D eigenvalue weighted by molar-refractivity contribution is 5.83. The lowest BCUT2D eigenvalue weighted by Crippen LogP contribution is -2.36. The second kappa shape index (κ2) is 5.44. The number of aromatic nitrogens is 1. The minimum absolute atomic E-state index is 0.0351. The number of nitrogens with zero attached hydrogens (tertiary/aromatic N) is 3. The van der Waals surface area contributed by atoms with Crippen LogP contribution in [0.5, 0.6) is 0 Å². The van der Waals surface area contributed by atoms with Crippen LogP contribution in [0.3, 0.4) is 0 Å². The van der Waals surface area contributed by atoms with Gasteiger partial charge in [-0.15, -0.1) is 0 Å². The maximum absolute atomic E-state index is 11.6. The Hall–Kier alpha value is -2.18. The molecule has 1 amide bonds. The molecule has 0 aliphatic carbocycles. The molecule has 1 aromatic rings. The molecule has 1 N–H and O–H groups in total. The summed E-state index contributed by atoms with van der Waals surface area (Å²) in [5, 5.41) is 13.5. The Labute approximate surface area is 105 Å². The first-order chi connectivity index (χ1) is 8.32. The number of aryl methyl sites for hydroxylation is 1. The molecule has 18 heavy (non-hydrogen) atoms. The summed E-state index contributed by atoms with van der Waals surface area (Å²) in [6.45, 7) is 3.34. The van der Waals surface area contributed by atoms with Gasteiger partial charge in [-0.1, -0.05) is 0 Å². The molecule has 1 unspecified atom stereocenters. The molecule has 1 atom stereocenters. The largest absolute Gasteiger partial charge is 0.359 e. The zero-order valence-corrected chi connectivity index (χ0v) is 10.8. The van der Waals surface area contributed by atoms with E-state index < -0.39 is 11.0 Å². The summed E-state index contributed by atoms with van der Waals surface area (Å²) in [6, 6.07) is 1.12. The second-order valence-electron chi connectivity index (χ2n) is 4.21. The van der Waals surface area contributed by atoms with Crippen molar-refractivity contribution in [3.05, 3.63) is 27.9 Å². The van der Waals surface area contributed by atoms with E-state index in [1.54, 1.807) is 34.0 Å². The third kappa shape index (κ3) is 3.16. The van der Waals surface area contributed by atoms with Gasteiger partial charge in [0.2, 0.25) is 5.91 Å². The van der Waals surface area contributed by atoms with Crippen LogP contribution < -0.4 is 5.32 Å². The highest BCUT2D eigenvalue weighted by atomic mass is 16.6. The van der Waals surface area contributed by atoms with Crippen molar-refractivity contribution in [1.82, 2.24) is 9.88 Å². The average Bonchev–Trinajstić information content (AvgIpc) is 2.27. The predicted molar refractivity (Wildman–Crippen MR) is 67.4 cm³/mol. The fourth-order valence-electron chi connectivity index (χ4n) is 1.49. The van der Waals surface area contributed by atoms with Gasteiger partial charge in [0.25, 0.3) is 5.69 Å². The Bertz CT molecular complexity index is 473. The maximum atomic E-state index is 11.6. The lowest BCUT2D eigenvalue weighted by atomic mass is 10.2. The smallest absolute Gasteiger partial charge is 0.290 e. The van der Waals surface area contributed by atoms with Gasteiger partial charge in [0.05, 0.1) is 4.92 Å². The number of amides is 1. The van der Waals surface area contributed by atoms with Crippen LogP contribution >= 0.6 is 0 Å². The molecule has 1 heterocycles. The van der Waals surface area contributed by atoms with Crippen molar-refractivity contribution in [3.8, 4) is 0 Å². The van der Waals surface area contributed by atoms with Gasteiger partial charge in [-0.3, -0.25) is 14.9 Å². The monoisotopic (exact) mass is 252 g/mol. The highest BCUT2D eigenvalue weighted by Gasteiger charge is 2.17. The molecule has 0 saturated carbocycles. The zero-order valence-electron chi connectivity index (χ0n) is 10.8. The molecule has 0 aliphatic rings. The number of rotatable bonds is 4. The Morgan fingerprint density at radius 3 is 2.61 bits per heavy atom. The number of anilines is 1. The van der Waals surface area contributed by atoms with E-state index in [1.807, 2.05) is 0 Å². The summed E-state index contributed by atoms with van der Waals surface area (Å²) < 4.78 is 0. The van der Waals surface area contributed by atoms with Crippen LogP contribution in [-0.4, -0.2) is 40.9 Å². The lowest BCUT2D eigenvalue weighted by molar-refractivity contribution is -0.385. The van der Waals surface area contributed by atoms with Crippen molar-refractivity contribution < 1.29 is 9.72 Å². The highest BCUT2D eigenvalue weighted by Crippen LogP contribution is 2.19. The second-order valence-corrected chi connectivity index (χ2v) is 4.21. The van der Waals surface area contributed by atoms with Crippen LogP contribution in [-0.2, 0) is 4.79 Å². The van der Waals surface area contributed by atoms with E-state index in [2.05, 4.69) is 10.3 Å². The molecule has 0 bridgehead atoms. The molecule has 7 nitrogen and oxygen atoms in total. The first-order valence-corrected chi connectivity index (χ1v) is 5.41. The third-order valence-electron chi connectivity index (χ3n) is 2.46. The average molecular weight is 252 g/mol. The van der Waals surface area contributed by atoms with Gasteiger partial charge >= 0.3 is 0 Å². The molecular weight excluding hydrogens is 236 g/mol. The fraction of sp³-hybridized carbons (Fsp3) is 0.455. The van der Waals surface area contributed by atoms with Crippen LogP contribution in [0.25, 0.3) is 0 Å². The fourth-order valence-corrected chi connectivity index (χ4v) is 1.49. The van der Waals surface area contributed by atoms with E-state index in [9.17, 15) is 14.9 Å². The van der Waals surface area contributed by atoms with Gasteiger partial charge < -0.3 is 10.2 Å². The van der Waals surface area contributed by atoms with Gasteiger partial charge in [-0.2, -0.15) is 0 Å². The summed E-state index contributed by atoms with van der Waals surface area (Å²) >= 11 is 0. The molecule has 0 fully saturated rings. The Morgan fingerprint density at radius 1 is 1.56 bits per heavy atom. The molecule has 98 valence electrons. The van der Waals surface area contributed by atoms with Crippen molar-refractivity contribution in [1.29, 1.82) is 0 Å². The quantitative estimate of drug-likeness (QED) is 0.642. The number of nitro groups is 1. The first-order valence-electron chi connectivity index (χ1n) is 5.41. The summed E-state index contributed by atoms with van der Waals surface area (Å²) in [5.41, 5.74) is 0.467. The molecule has 1 rings (SSSR count). The minimum Gasteiger partial charge on any atom is -0.359 e. The van der Waals surface area contributed by atoms with Crippen LogP contribution in [0.4, 0.5) is 11.5 Å². The molecule has 0 aliphatic heterocycles. The number of likely N-dealkylation sites (N-methyl/N-ethyl adjacent to an activating group) is 1. The maximum Gasteiger partial charge on any atom is 0.290 e. The van der Waals surface area contributed by atoms with Crippen LogP contribution in [0.1, 0.15) is 12.5 Å². The van der Waals surface area contributed by atoms with Crippen LogP contribution in [0.2, 0.25) is 0 Å². The van der Waals surface area contributed by atoms with Gasteiger partial charge in [0.15, 0.2) is 0 Å². The number of hydrogen-bond acceptors (Lipinski definition) is 5. The first kappa shape index (κ1) is 13.9. The summed E-state index contributed by atoms with van der Waals surface area (Å²) in [4.78, 5) is 27.2. The Morgan fingerprint density at radius 2 is 2.17 bits per heavy atom. The van der Waals surface area contributed by atoms with Gasteiger partial charge in [0, 0.05) is 19.7 Å². The van der Waals surface area contributed by atoms with E-state index in [-0.39, 0.29) is 11.6 Å². The molecule has 0 aromatic carbocycles. The standard InChI is InChI=1S/C11H16N4O3/c1-7-5-10(12-6-9(7)15(17)18)13-8(2)11(16)14(3)4/h5-6,8H,1-4H3,(H,12,13). The third-order valence-corrected chi connectivity index (χ3v) is 2.46. The van der Waals surface area contributed by atoms with Gasteiger partial charge in [-0.25, -0.2) is 4.98 Å². The molecular formula is C11H16N4O3. The topological polar surface area (TPSA) is 88.4 Å². The molecule has 0 radical (unpaired) electrons. The van der Waals surface area contributed by atoms with E-state index >= 15 is 0 Å². The van der Waals surface area contributed by atoms with E-state index in [1.165, 1.54) is 11.1 Å². The minimum atomic E-state index is -0.486. The number of nitrogens with one attached hydrogen (secondary N) is 1. The lowest BCUT2D eigenvalue weighted by Gasteiger charge is -2.18. The van der Waals surface area contributed by atoms with Crippen LogP contribution in [0.15, 0.2) is 12.3 Å². The van der Waals surface area contributed by atoms with E-state index in [0.29, 0.717) is 11.4 Å². The molecule has 0 spiro atoms. The normalized spacial score (nSPS) is 11.8. The molecule has 0 saturated heterocycles. The predicted octanol–water partition coefficient (Wildman–Crippen LogP) is 1.19. The SMILES string of the molecule is Cc1cc(NC(C)C(=O)N(C)C)ncc1[N+](=O)[O-]. The number of carbonyl (C=O) groups is 1. The van der Waals surface area contributed by atoms with Crippen LogP contribution in [0, 0.1) is 17.0 Å². The van der Waals surface area contributed by atoms with Gasteiger partial charge in [0.1, 0.15) is 18.1 Å². The number of carbonyl (C=O) groups excluding carboxylic acids is 1. The van der Waals surface area contributed by atoms with Gasteiger partial charge in [-0.05, 0) is 19.9 Å². The Balaban J connectivity index is 2.84. The van der Waals surface area contributed by atoms with Crippen molar-refractivity contribution in [2.45, 2.75) is 19.9 Å². The number of hydrogen-bond donors (Lipinski definition) is 1. The zero-order chi connectivity index (χ0) is 13.9. The van der Waals surface area contributed by atoms with Crippen molar-refractivity contribution >= 4 is 17.4 Å². The summed E-state index contributed by atoms with van der Waals surface area (Å²) in [7, 11) is 3.32. The van der Waals surface area contributed by atoms with Crippen molar-refractivity contribution in [2.75, 3.05) is 19.4 Å².